The highest BCUT2D eigenvalue weighted by molar-refractivity contribution is 5.78. The molecule has 200 valence electrons. The molecular formula is C27H31F3N2O5. The first-order valence-corrected chi connectivity index (χ1v) is 12.3. The molecule has 1 fully saturated rings. The standard InChI is InChI=1S/C27H31F3N2O5/c1-31(23(33)11-6-12-24(34)36-2)25-19-7-3-4-9-21(19)32(22-10-5-8-20(22)25)26(35)17-13-15-18(16-14-17)37-27(28,29)30/h3-4,7,9,13-16,20,22,25-26,35H,5-6,8,10-12H2,1-2H3. The van der Waals surface area contributed by atoms with Crippen LogP contribution < -0.4 is 9.64 Å². The largest absolute Gasteiger partial charge is 0.573 e. The van der Waals surface area contributed by atoms with Crippen molar-refractivity contribution in [2.45, 2.75) is 63.2 Å². The molecule has 7 nitrogen and oxygen atoms in total. The lowest BCUT2D eigenvalue weighted by atomic mass is 9.81. The highest BCUT2D eigenvalue weighted by Crippen LogP contribution is 2.52. The second-order valence-corrected chi connectivity index (χ2v) is 9.50. The molecule has 2 aliphatic rings. The molecule has 1 aliphatic carbocycles. The van der Waals surface area contributed by atoms with E-state index < -0.39 is 12.6 Å². The summed E-state index contributed by atoms with van der Waals surface area (Å²) < 4.78 is 46.3. The number of fused-ring (bicyclic) bond motifs is 2. The molecule has 1 N–H and O–H groups in total. The van der Waals surface area contributed by atoms with Crippen LogP contribution in [0.15, 0.2) is 48.5 Å². The highest BCUT2D eigenvalue weighted by Gasteiger charge is 2.47. The van der Waals surface area contributed by atoms with Crippen LogP contribution in [0.3, 0.4) is 0 Å². The Morgan fingerprint density at radius 1 is 1.11 bits per heavy atom. The third-order valence-corrected chi connectivity index (χ3v) is 7.31. The molecule has 0 aromatic heterocycles. The first-order chi connectivity index (χ1) is 17.6. The summed E-state index contributed by atoms with van der Waals surface area (Å²) >= 11 is 0. The summed E-state index contributed by atoms with van der Waals surface area (Å²) in [4.78, 5) is 28.2. The van der Waals surface area contributed by atoms with E-state index in [1.165, 1.54) is 31.4 Å². The number of anilines is 1. The van der Waals surface area contributed by atoms with Crippen LogP contribution in [-0.4, -0.2) is 48.4 Å². The van der Waals surface area contributed by atoms with Crippen molar-refractivity contribution in [2.24, 2.45) is 5.92 Å². The molecule has 0 radical (unpaired) electrons. The molecule has 0 bridgehead atoms. The number of aliphatic hydroxyl groups excluding tert-OH is 1. The number of hydrogen-bond acceptors (Lipinski definition) is 6. The number of alkyl halides is 3. The maximum Gasteiger partial charge on any atom is 0.573 e. The van der Waals surface area contributed by atoms with Crippen molar-refractivity contribution in [3.63, 3.8) is 0 Å². The molecule has 0 saturated heterocycles. The van der Waals surface area contributed by atoms with Gasteiger partial charge in [0.1, 0.15) is 5.75 Å². The van der Waals surface area contributed by atoms with E-state index in [1.54, 1.807) is 11.9 Å². The van der Waals surface area contributed by atoms with Crippen LogP contribution in [0, 0.1) is 5.92 Å². The van der Waals surface area contributed by atoms with Crippen LogP contribution in [0.25, 0.3) is 0 Å². The van der Waals surface area contributed by atoms with E-state index in [0.717, 1.165) is 30.5 Å². The summed E-state index contributed by atoms with van der Waals surface area (Å²) in [5.74, 6) is -0.707. The first kappa shape index (κ1) is 26.8. The predicted molar refractivity (Wildman–Crippen MR) is 130 cm³/mol. The van der Waals surface area contributed by atoms with E-state index in [9.17, 15) is 27.9 Å². The summed E-state index contributed by atoms with van der Waals surface area (Å²) in [7, 11) is 3.10. The van der Waals surface area contributed by atoms with Crippen LogP contribution in [0.1, 0.15) is 61.9 Å². The number of aliphatic hydroxyl groups is 1. The molecule has 1 aliphatic heterocycles. The number of carbonyl (C=O) groups is 2. The Kier molecular flexibility index (Phi) is 7.96. The van der Waals surface area contributed by atoms with Crippen LogP contribution in [0.2, 0.25) is 0 Å². The number of ether oxygens (including phenoxy) is 2. The lowest BCUT2D eigenvalue weighted by Gasteiger charge is -2.49. The fourth-order valence-corrected chi connectivity index (χ4v) is 5.69. The van der Waals surface area contributed by atoms with Gasteiger partial charge in [-0.2, -0.15) is 0 Å². The van der Waals surface area contributed by atoms with Gasteiger partial charge in [-0.15, -0.1) is 13.2 Å². The van der Waals surface area contributed by atoms with E-state index in [0.29, 0.717) is 12.0 Å². The Labute approximate surface area is 213 Å². The van der Waals surface area contributed by atoms with Gasteiger partial charge in [-0.1, -0.05) is 36.8 Å². The van der Waals surface area contributed by atoms with Gasteiger partial charge in [0, 0.05) is 43.1 Å². The molecule has 1 saturated carbocycles. The monoisotopic (exact) mass is 520 g/mol. The molecule has 10 heteroatoms. The minimum Gasteiger partial charge on any atom is -0.469 e. The third-order valence-electron chi connectivity index (χ3n) is 7.31. The Morgan fingerprint density at radius 2 is 1.81 bits per heavy atom. The topological polar surface area (TPSA) is 79.3 Å². The van der Waals surface area contributed by atoms with Crippen molar-refractivity contribution in [2.75, 3.05) is 19.1 Å². The third kappa shape index (κ3) is 5.84. The van der Waals surface area contributed by atoms with Gasteiger partial charge >= 0.3 is 12.3 Å². The van der Waals surface area contributed by atoms with Gasteiger partial charge in [0.05, 0.1) is 13.2 Å². The minimum atomic E-state index is -4.79. The lowest BCUT2D eigenvalue weighted by molar-refractivity contribution is -0.274. The highest BCUT2D eigenvalue weighted by atomic mass is 19.4. The molecule has 4 unspecified atom stereocenters. The maximum absolute atomic E-state index is 13.1. The van der Waals surface area contributed by atoms with Gasteiger partial charge in [0.2, 0.25) is 5.91 Å². The van der Waals surface area contributed by atoms with E-state index in [2.05, 4.69) is 9.47 Å². The summed E-state index contributed by atoms with van der Waals surface area (Å²) in [6.45, 7) is 0. The van der Waals surface area contributed by atoms with E-state index >= 15 is 0 Å². The van der Waals surface area contributed by atoms with E-state index in [4.69, 9.17) is 0 Å². The van der Waals surface area contributed by atoms with E-state index in [1.807, 2.05) is 29.2 Å². The Hall–Kier alpha value is -3.27. The average Bonchev–Trinajstić information content (AvgIpc) is 3.34. The molecule has 2 aromatic carbocycles. The van der Waals surface area contributed by atoms with Crippen molar-refractivity contribution in [3.05, 3.63) is 59.7 Å². The number of para-hydroxylation sites is 1. The number of benzene rings is 2. The molecule has 4 rings (SSSR count). The molecule has 4 atom stereocenters. The van der Waals surface area contributed by atoms with Crippen LogP contribution in [-0.2, 0) is 14.3 Å². The zero-order valence-electron chi connectivity index (χ0n) is 20.8. The number of methoxy groups -OCH3 is 1. The number of amides is 1. The molecular weight excluding hydrogens is 489 g/mol. The van der Waals surface area contributed by atoms with Gasteiger partial charge in [0.25, 0.3) is 0 Å². The number of esters is 1. The van der Waals surface area contributed by atoms with Gasteiger partial charge in [-0.25, -0.2) is 0 Å². The normalized spacial score (nSPS) is 21.6. The van der Waals surface area contributed by atoms with Gasteiger partial charge < -0.3 is 24.4 Å². The molecule has 37 heavy (non-hydrogen) atoms. The Morgan fingerprint density at radius 3 is 2.49 bits per heavy atom. The van der Waals surface area contributed by atoms with E-state index in [-0.39, 0.29) is 48.5 Å². The zero-order valence-corrected chi connectivity index (χ0v) is 20.8. The Bertz CT molecular complexity index is 1110. The minimum absolute atomic E-state index is 0.0620. The zero-order chi connectivity index (χ0) is 26.7. The van der Waals surface area contributed by atoms with Crippen molar-refractivity contribution in [1.29, 1.82) is 0 Å². The second kappa shape index (κ2) is 11.0. The summed E-state index contributed by atoms with van der Waals surface area (Å²) in [5, 5.41) is 11.4. The number of hydrogen-bond donors (Lipinski definition) is 1. The second-order valence-electron chi connectivity index (χ2n) is 9.50. The predicted octanol–water partition coefficient (Wildman–Crippen LogP) is 5.11. The van der Waals surface area contributed by atoms with Crippen molar-refractivity contribution in [3.8, 4) is 5.75 Å². The van der Waals surface area contributed by atoms with Gasteiger partial charge in [-0.05, 0) is 43.0 Å². The maximum atomic E-state index is 13.1. The summed E-state index contributed by atoms with van der Waals surface area (Å²) in [6.07, 6.45) is -2.48. The summed E-state index contributed by atoms with van der Waals surface area (Å²) in [6, 6.07) is 12.6. The lowest BCUT2D eigenvalue weighted by Crippen LogP contribution is -2.50. The molecule has 2 aromatic rings. The number of carbonyl (C=O) groups excluding carboxylic acids is 2. The molecule has 1 amide bonds. The first-order valence-electron chi connectivity index (χ1n) is 12.3. The van der Waals surface area contributed by atoms with Crippen LogP contribution >= 0.6 is 0 Å². The fraction of sp³-hybridized carbons (Fsp3) is 0.481. The van der Waals surface area contributed by atoms with Crippen LogP contribution in [0.4, 0.5) is 18.9 Å². The summed E-state index contributed by atoms with van der Waals surface area (Å²) in [5.41, 5.74) is 2.14. The smallest absolute Gasteiger partial charge is 0.469 e. The number of rotatable bonds is 8. The Balaban J connectivity index is 1.60. The SMILES string of the molecule is COC(=O)CCCC(=O)N(C)C1c2ccccc2N(C(O)c2ccc(OC(F)(F)F)cc2)C2CCCC12. The average molecular weight is 521 g/mol. The van der Waals surface area contributed by atoms with Crippen molar-refractivity contribution in [1.82, 2.24) is 4.90 Å². The number of nitrogens with zero attached hydrogens (tertiary/aromatic N) is 2. The van der Waals surface area contributed by atoms with Crippen molar-refractivity contribution >= 4 is 17.6 Å². The fourth-order valence-electron chi connectivity index (χ4n) is 5.69. The molecule has 1 heterocycles. The van der Waals surface area contributed by atoms with Crippen molar-refractivity contribution < 1.29 is 37.3 Å². The van der Waals surface area contributed by atoms with Gasteiger partial charge in [-0.3, -0.25) is 9.59 Å². The van der Waals surface area contributed by atoms with Gasteiger partial charge in [0.15, 0.2) is 6.23 Å². The quantitative estimate of drug-likeness (QED) is 0.488. The number of halogens is 3. The molecule has 0 spiro atoms. The van der Waals surface area contributed by atoms with Crippen LogP contribution in [0.5, 0.6) is 5.75 Å².